The molecule has 3 aromatic rings. The largest absolute Gasteiger partial charge is 0.481 e. The maximum atomic E-state index is 15.2. The molecule has 0 saturated heterocycles. The predicted octanol–water partition coefficient (Wildman–Crippen LogP) is 3.81. The van der Waals surface area contributed by atoms with E-state index in [4.69, 9.17) is 5.11 Å². The van der Waals surface area contributed by atoms with Crippen molar-refractivity contribution in [2.24, 2.45) is 11.3 Å². The number of rotatable bonds is 23. The summed E-state index contributed by atoms with van der Waals surface area (Å²) in [7, 11) is 0. The highest BCUT2D eigenvalue weighted by atomic mass is 19.1. The van der Waals surface area contributed by atoms with E-state index in [9.17, 15) is 43.1 Å². The van der Waals surface area contributed by atoms with Gasteiger partial charge in [-0.1, -0.05) is 71.9 Å². The van der Waals surface area contributed by atoms with Gasteiger partial charge in [0.05, 0.1) is 19.0 Å². The summed E-state index contributed by atoms with van der Waals surface area (Å²) >= 11 is 0. The zero-order valence-electron chi connectivity index (χ0n) is 37.8. The van der Waals surface area contributed by atoms with Gasteiger partial charge in [0.2, 0.25) is 35.4 Å². The lowest BCUT2D eigenvalue weighted by Crippen LogP contribution is -2.58. The van der Waals surface area contributed by atoms with Gasteiger partial charge in [-0.05, 0) is 67.9 Å². The normalized spacial score (nSPS) is 13.8. The lowest BCUT2D eigenvalue weighted by Gasteiger charge is -2.41. The van der Waals surface area contributed by atoms with E-state index in [0.29, 0.717) is 17.7 Å². The van der Waals surface area contributed by atoms with Crippen LogP contribution in [-0.2, 0) is 40.1 Å². The molecule has 2 aromatic carbocycles. The van der Waals surface area contributed by atoms with Crippen LogP contribution in [0.15, 0.2) is 60.8 Å². The van der Waals surface area contributed by atoms with Crippen molar-refractivity contribution in [1.29, 1.82) is 0 Å². The number of aliphatic hydroxyl groups is 1. The fourth-order valence-corrected chi connectivity index (χ4v) is 7.00. The molecule has 0 spiro atoms. The zero-order valence-corrected chi connectivity index (χ0v) is 37.8. The highest BCUT2D eigenvalue weighted by molar-refractivity contribution is 5.95. The molecular formula is C46H63F2N7O9. The van der Waals surface area contributed by atoms with Crippen molar-refractivity contribution in [3.8, 4) is 11.1 Å². The minimum Gasteiger partial charge on any atom is -0.481 e. The summed E-state index contributed by atoms with van der Waals surface area (Å²) in [5.74, 6) is -7.09. The fourth-order valence-electron chi connectivity index (χ4n) is 7.00. The first-order valence-corrected chi connectivity index (χ1v) is 21.3. The summed E-state index contributed by atoms with van der Waals surface area (Å²) in [5.41, 5.74) is 1.00. The Morgan fingerprint density at radius 1 is 0.812 bits per heavy atom. The first kappa shape index (κ1) is 52.2. The highest BCUT2D eigenvalue weighted by Gasteiger charge is 2.38. The Balaban J connectivity index is 1.94. The fraction of sp³-hybridized carbons (Fsp3) is 0.500. The van der Waals surface area contributed by atoms with Crippen molar-refractivity contribution < 1.29 is 52.6 Å². The van der Waals surface area contributed by atoms with Crippen LogP contribution < -0.4 is 26.6 Å². The van der Waals surface area contributed by atoms with Crippen LogP contribution in [0, 0.1) is 23.0 Å². The van der Waals surface area contributed by atoms with Gasteiger partial charge in [-0.2, -0.15) is 0 Å². The molecule has 0 aliphatic rings. The monoisotopic (exact) mass is 895 g/mol. The Kier molecular flexibility index (Phi) is 19.6. The summed E-state index contributed by atoms with van der Waals surface area (Å²) in [5, 5.41) is 32.0. The van der Waals surface area contributed by atoms with E-state index in [1.807, 2.05) is 62.6 Å². The van der Waals surface area contributed by atoms with E-state index in [0.717, 1.165) is 23.8 Å². The number of carboxylic acid groups (broad SMARTS) is 1. The van der Waals surface area contributed by atoms with Crippen molar-refractivity contribution in [3.63, 3.8) is 0 Å². The minimum absolute atomic E-state index is 0.00650. The van der Waals surface area contributed by atoms with E-state index in [1.165, 1.54) is 11.8 Å². The number of aliphatic hydroxyl groups excluding tert-OH is 1. The van der Waals surface area contributed by atoms with E-state index >= 15 is 4.39 Å². The summed E-state index contributed by atoms with van der Waals surface area (Å²) in [4.78, 5) is 91.5. The maximum absolute atomic E-state index is 15.2. The first-order chi connectivity index (χ1) is 30.1. The number of benzene rings is 2. The SMILES string of the molecule is CCC(C)NC(=O)[C@H](CCN(C(=O)CO)[C@@H](c1cc(-c2cc(F)ccc2F)cn1Cc1ccccc1)C(C)(C)C)NC(=O)[C@H](C)NC(=O)C(NC(=O)CNC(=O)CCC(=O)O)C(C)C. The number of hydrogen-bond acceptors (Lipinski definition) is 8. The van der Waals surface area contributed by atoms with Gasteiger partial charge < -0.3 is 46.3 Å². The molecule has 5 atom stereocenters. The first-order valence-electron chi connectivity index (χ1n) is 21.3. The third-order valence-electron chi connectivity index (χ3n) is 10.6. The molecule has 18 heteroatoms. The molecule has 0 radical (unpaired) electrons. The number of halogens is 2. The molecule has 0 bridgehead atoms. The molecule has 16 nitrogen and oxygen atoms in total. The van der Waals surface area contributed by atoms with Crippen LogP contribution in [0.4, 0.5) is 8.78 Å². The molecule has 6 amide bonds. The number of carbonyl (C=O) groups is 7. The third kappa shape index (κ3) is 15.6. The quantitative estimate of drug-likeness (QED) is 0.0734. The molecule has 3 rings (SSSR count). The molecule has 7 N–H and O–H groups in total. The smallest absolute Gasteiger partial charge is 0.303 e. The van der Waals surface area contributed by atoms with Gasteiger partial charge in [-0.25, -0.2) is 8.78 Å². The number of hydrogen-bond donors (Lipinski definition) is 7. The topological polar surface area (TPSA) is 228 Å². The lowest BCUT2D eigenvalue weighted by atomic mass is 9.82. The molecule has 64 heavy (non-hydrogen) atoms. The van der Waals surface area contributed by atoms with E-state index in [1.54, 1.807) is 33.0 Å². The van der Waals surface area contributed by atoms with Gasteiger partial charge in [-0.15, -0.1) is 0 Å². The summed E-state index contributed by atoms with van der Waals surface area (Å²) in [6.45, 7) is 12.6. The van der Waals surface area contributed by atoms with Gasteiger partial charge in [0.25, 0.3) is 0 Å². The third-order valence-corrected chi connectivity index (χ3v) is 10.6. The Labute approximate surface area is 372 Å². The average molecular weight is 896 g/mol. The van der Waals surface area contributed by atoms with Crippen LogP contribution in [0.5, 0.6) is 0 Å². The predicted molar refractivity (Wildman–Crippen MR) is 235 cm³/mol. The Morgan fingerprint density at radius 3 is 2.08 bits per heavy atom. The average Bonchev–Trinajstić information content (AvgIpc) is 3.63. The van der Waals surface area contributed by atoms with E-state index in [-0.39, 0.29) is 37.5 Å². The second-order valence-corrected chi connectivity index (χ2v) is 17.3. The highest BCUT2D eigenvalue weighted by Crippen LogP contribution is 2.41. The van der Waals surface area contributed by atoms with Crippen molar-refractivity contribution in [2.45, 2.75) is 118 Å². The lowest BCUT2D eigenvalue weighted by molar-refractivity contribution is -0.140. The van der Waals surface area contributed by atoms with E-state index in [2.05, 4.69) is 26.6 Å². The standard InChI is InChI=1S/C46H63F2N7O9/c1-9-28(4)50-44(63)35(52-43(62)29(5)51-45(64)41(27(2)3)53-38(58)23-49-37(57)17-18-40(60)61)19-20-55(39(59)26-56)42(46(6,7)8)36-21-31(33-22-32(47)15-16-34(33)48)25-54(36)24-30-13-11-10-12-14-30/h10-16,21-22,25,27-29,35,41-42,56H,9,17-20,23-24,26H2,1-8H3,(H,49,57)(H,50,63)(H,51,64)(H,52,62)(H,53,58)(H,60,61)/t28?,29-,35-,41?,42-/m0/s1. The molecule has 0 aliphatic heterocycles. The van der Waals surface area contributed by atoms with Crippen molar-refractivity contribution >= 4 is 41.4 Å². The molecule has 2 unspecified atom stereocenters. The molecular weight excluding hydrogens is 833 g/mol. The summed E-state index contributed by atoms with van der Waals surface area (Å²) < 4.78 is 31.6. The number of aliphatic carboxylic acids is 1. The maximum Gasteiger partial charge on any atom is 0.303 e. The van der Waals surface area contributed by atoms with Crippen molar-refractivity contribution in [3.05, 3.63) is 83.7 Å². The second-order valence-electron chi connectivity index (χ2n) is 17.3. The second kappa shape index (κ2) is 24.0. The van der Waals surface area contributed by atoms with E-state index < -0.39 is 108 Å². The number of carboxylic acids is 1. The van der Waals surface area contributed by atoms with Crippen LogP contribution in [-0.4, -0.2) is 105 Å². The van der Waals surface area contributed by atoms with Gasteiger partial charge in [0, 0.05) is 48.6 Å². The number of aromatic nitrogens is 1. The van der Waals surface area contributed by atoms with Gasteiger partial charge in [-0.3, -0.25) is 33.6 Å². The van der Waals surface area contributed by atoms with Crippen LogP contribution in [0.25, 0.3) is 11.1 Å². The minimum atomic E-state index is -1.26. The zero-order chi connectivity index (χ0) is 47.9. The molecule has 350 valence electrons. The summed E-state index contributed by atoms with van der Waals surface area (Å²) in [6, 6.07) is 9.44. The van der Waals surface area contributed by atoms with Crippen LogP contribution >= 0.6 is 0 Å². The van der Waals surface area contributed by atoms with Crippen molar-refractivity contribution in [2.75, 3.05) is 19.7 Å². The van der Waals surface area contributed by atoms with Crippen LogP contribution in [0.3, 0.4) is 0 Å². The number of amides is 6. The number of carbonyl (C=O) groups excluding carboxylic acids is 6. The number of nitrogens with zero attached hydrogens (tertiary/aromatic N) is 2. The van der Waals surface area contributed by atoms with Crippen LogP contribution in [0.1, 0.15) is 98.4 Å². The summed E-state index contributed by atoms with van der Waals surface area (Å²) in [6.07, 6.45) is 1.32. The molecule has 0 aliphatic carbocycles. The van der Waals surface area contributed by atoms with Gasteiger partial charge >= 0.3 is 5.97 Å². The number of nitrogens with one attached hydrogen (secondary N) is 5. The Morgan fingerprint density at radius 2 is 1.48 bits per heavy atom. The van der Waals surface area contributed by atoms with Crippen molar-refractivity contribution in [1.82, 2.24) is 36.1 Å². The molecule has 0 fully saturated rings. The Bertz CT molecular complexity index is 2110. The van der Waals surface area contributed by atoms with Gasteiger partial charge in [0.1, 0.15) is 36.4 Å². The molecule has 0 saturated carbocycles. The van der Waals surface area contributed by atoms with Crippen LogP contribution in [0.2, 0.25) is 0 Å². The Hall–Kier alpha value is -6.17. The van der Waals surface area contributed by atoms with Gasteiger partial charge in [0.15, 0.2) is 0 Å². The molecule has 1 aromatic heterocycles. The molecule has 1 heterocycles.